The third-order valence-corrected chi connectivity index (χ3v) is 9.45. The van der Waals surface area contributed by atoms with Gasteiger partial charge < -0.3 is 14.7 Å². The number of carbonyl (C=O) groups is 1. The Morgan fingerprint density at radius 3 is 2.79 bits per heavy atom. The number of methoxy groups -OCH3 is 1. The lowest BCUT2D eigenvalue weighted by molar-refractivity contribution is -0.384. The molecule has 2 aromatic rings. The quantitative estimate of drug-likeness (QED) is 0.134. The van der Waals surface area contributed by atoms with Gasteiger partial charge in [0.05, 0.1) is 18.5 Å². The second-order valence-corrected chi connectivity index (χ2v) is 11.1. The number of benzene rings is 2. The van der Waals surface area contributed by atoms with E-state index < -0.39 is 10.9 Å². The molecule has 10 nitrogen and oxygen atoms in total. The molecule has 0 heterocycles. The van der Waals surface area contributed by atoms with Crippen LogP contribution >= 0.6 is 0 Å². The molecule has 38 heavy (non-hydrogen) atoms. The van der Waals surface area contributed by atoms with Crippen molar-refractivity contribution in [2.45, 2.75) is 63.8 Å². The molecule has 3 aliphatic rings. The third kappa shape index (κ3) is 4.43. The largest absolute Gasteiger partial charge is 0.497 e. The molecule has 3 aliphatic carbocycles. The predicted octanol–water partition coefficient (Wildman–Crippen LogP) is 6.75. The van der Waals surface area contributed by atoms with E-state index in [1.807, 2.05) is 4.90 Å². The summed E-state index contributed by atoms with van der Waals surface area (Å²) >= 11 is 0. The van der Waals surface area contributed by atoms with Gasteiger partial charge in [-0.25, -0.2) is 0 Å². The molecular weight excluding hydrogens is 486 g/mol. The van der Waals surface area contributed by atoms with Crippen LogP contribution in [0.1, 0.15) is 62.5 Å². The number of anilines is 1. The highest BCUT2D eigenvalue weighted by molar-refractivity contribution is 5.71. The Labute approximate surface area is 221 Å². The summed E-state index contributed by atoms with van der Waals surface area (Å²) in [6.07, 6.45) is 5.89. The number of rotatable bonds is 8. The molecule has 0 spiro atoms. The summed E-state index contributed by atoms with van der Waals surface area (Å²) in [5, 5.41) is 25.1. The van der Waals surface area contributed by atoms with Crippen molar-refractivity contribution in [3.8, 4) is 5.75 Å². The molecule has 0 saturated heterocycles. The second-order valence-electron chi connectivity index (χ2n) is 11.1. The van der Waals surface area contributed by atoms with E-state index in [9.17, 15) is 20.0 Å². The Morgan fingerprint density at radius 1 is 1.26 bits per heavy atom. The number of aryl methyl sites for hydroxylation is 1. The molecular formula is C28H33N5O5. The molecule has 5 rings (SSSR count). The lowest BCUT2D eigenvalue weighted by atomic mass is 9.55. The molecule has 0 bridgehead atoms. The Kier molecular flexibility index (Phi) is 6.92. The lowest BCUT2D eigenvalue weighted by Gasteiger charge is -2.52. The highest BCUT2D eigenvalue weighted by Crippen LogP contribution is 2.62. The normalized spacial score (nSPS) is 27.3. The molecule has 2 saturated carbocycles. The molecule has 10 heteroatoms. The molecule has 2 aromatic carbocycles. The van der Waals surface area contributed by atoms with Gasteiger partial charge in [-0.3, -0.25) is 14.9 Å². The van der Waals surface area contributed by atoms with Gasteiger partial charge in [-0.1, -0.05) is 24.2 Å². The number of carboxylic acid groups (broad SMARTS) is 1. The van der Waals surface area contributed by atoms with Gasteiger partial charge in [0, 0.05) is 29.3 Å². The topological polar surface area (TPSA) is 142 Å². The zero-order valence-electron chi connectivity index (χ0n) is 21.7. The van der Waals surface area contributed by atoms with E-state index in [1.54, 1.807) is 19.2 Å². The number of nitro groups is 1. The first-order chi connectivity index (χ1) is 18.3. The molecule has 0 aliphatic heterocycles. The van der Waals surface area contributed by atoms with Crippen LogP contribution in [0.3, 0.4) is 0 Å². The summed E-state index contributed by atoms with van der Waals surface area (Å²) in [5.74, 6) is 1.43. The number of hydrogen-bond acceptors (Lipinski definition) is 6. The number of hydrogen-bond donors (Lipinski definition) is 1. The molecule has 0 amide bonds. The number of azide groups is 1. The smallest absolute Gasteiger partial charge is 0.305 e. The number of carboxylic acids is 1. The molecule has 5 atom stereocenters. The van der Waals surface area contributed by atoms with Crippen molar-refractivity contribution in [2.24, 2.45) is 22.4 Å². The van der Waals surface area contributed by atoms with E-state index in [4.69, 9.17) is 10.3 Å². The number of ether oxygens (including phenoxy) is 1. The standard InChI is InChI=1S/C28H33N5O5/c1-28-13-11-21-20-7-5-19(38-2)15-17(20)3-6-22(21)23(28)8-10-26(28)32(14-12-27(34)35)24-9-4-18(30-31-29)16-25(24)33(36)37/h4-5,7,9,15-16,21-23,26H,3,6,8,10-14H2,1-2H3,(H,34,35)/t21?,22?,23?,26?,28-/m0/s1. The summed E-state index contributed by atoms with van der Waals surface area (Å²) in [6, 6.07) is 10.9. The van der Waals surface area contributed by atoms with Crippen LogP contribution in [-0.2, 0) is 11.2 Å². The predicted molar refractivity (Wildman–Crippen MR) is 143 cm³/mol. The van der Waals surface area contributed by atoms with Gasteiger partial charge in [0.25, 0.3) is 5.69 Å². The number of nitro benzene ring substituents is 1. The fourth-order valence-corrected chi connectivity index (χ4v) is 7.85. The van der Waals surface area contributed by atoms with Crippen molar-refractivity contribution < 1.29 is 19.6 Å². The third-order valence-electron chi connectivity index (χ3n) is 9.45. The first kappa shape index (κ1) is 25.9. The first-order valence-corrected chi connectivity index (χ1v) is 13.3. The van der Waals surface area contributed by atoms with Crippen LogP contribution in [0.5, 0.6) is 5.75 Å². The van der Waals surface area contributed by atoms with E-state index in [2.05, 4.69) is 35.1 Å². The van der Waals surface area contributed by atoms with Gasteiger partial charge in [0.2, 0.25) is 0 Å². The van der Waals surface area contributed by atoms with Crippen LogP contribution in [0.25, 0.3) is 10.4 Å². The van der Waals surface area contributed by atoms with Crippen molar-refractivity contribution in [3.63, 3.8) is 0 Å². The SMILES string of the molecule is COc1ccc2c(c1)CCC1C2CC[C@@]2(C)C1CCC2N(CCC(=O)O)c1ccc(N=[N+]=[N-])cc1[N+](=O)[O-]. The number of fused-ring (bicyclic) bond motifs is 5. The van der Waals surface area contributed by atoms with Crippen LogP contribution in [-0.4, -0.2) is 35.7 Å². The number of aliphatic carboxylic acids is 1. The average Bonchev–Trinajstić information content (AvgIpc) is 3.25. The van der Waals surface area contributed by atoms with Crippen LogP contribution in [0.2, 0.25) is 0 Å². The average molecular weight is 520 g/mol. The summed E-state index contributed by atoms with van der Waals surface area (Å²) in [4.78, 5) is 27.9. The van der Waals surface area contributed by atoms with Crippen molar-refractivity contribution in [1.82, 2.24) is 0 Å². The number of nitrogens with zero attached hydrogens (tertiary/aromatic N) is 5. The van der Waals surface area contributed by atoms with Gasteiger partial charge in [-0.15, -0.1) is 0 Å². The Morgan fingerprint density at radius 2 is 2.08 bits per heavy atom. The minimum Gasteiger partial charge on any atom is -0.497 e. The minimum atomic E-state index is -0.939. The molecule has 4 unspecified atom stereocenters. The minimum absolute atomic E-state index is 0.0194. The lowest BCUT2D eigenvalue weighted by Crippen LogP contribution is -2.51. The zero-order valence-corrected chi connectivity index (χ0v) is 21.7. The maximum Gasteiger partial charge on any atom is 0.305 e. The summed E-state index contributed by atoms with van der Waals surface area (Å²) in [6.45, 7) is 2.49. The van der Waals surface area contributed by atoms with Crippen molar-refractivity contribution in [1.29, 1.82) is 0 Å². The van der Waals surface area contributed by atoms with Gasteiger partial charge >= 0.3 is 5.97 Å². The molecule has 1 N–H and O–H groups in total. The molecule has 200 valence electrons. The van der Waals surface area contributed by atoms with Crippen LogP contribution in [0.4, 0.5) is 17.1 Å². The van der Waals surface area contributed by atoms with Crippen molar-refractivity contribution in [3.05, 3.63) is 68.1 Å². The van der Waals surface area contributed by atoms with Crippen LogP contribution in [0, 0.1) is 27.4 Å². The van der Waals surface area contributed by atoms with Crippen LogP contribution in [0.15, 0.2) is 41.5 Å². The summed E-state index contributed by atoms with van der Waals surface area (Å²) < 4.78 is 5.45. The highest BCUT2D eigenvalue weighted by atomic mass is 16.6. The maximum absolute atomic E-state index is 12.1. The van der Waals surface area contributed by atoms with Crippen molar-refractivity contribution in [2.75, 3.05) is 18.6 Å². The summed E-state index contributed by atoms with van der Waals surface area (Å²) in [7, 11) is 1.70. The van der Waals surface area contributed by atoms with Gasteiger partial charge in [0.1, 0.15) is 11.4 Å². The first-order valence-electron chi connectivity index (χ1n) is 13.3. The monoisotopic (exact) mass is 519 g/mol. The molecule has 2 fully saturated rings. The Hall–Kier alpha value is -3.78. The van der Waals surface area contributed by atoms with Gasteiger partial charge in [-0.2, -0.15) is 0 Å². The van der Waals surface area contributed by atoms with E-state index in [-0.39, 0.29) is 35.8 Å². The van der Waals surface area contributed by atoms with Crippen LogP contribution < -0.4 is 9.64 Å². The second kappa shape index (κ2) is 10.2. The highest BCUT2D eigenvalue weighted by Gasteiger charge is 2.56. The summed E-state index contributed by atoms with van der Waals surface area (Å²) in [5.41, 5.74) is 11.9. The van der Waals surface area contributed by atoms with Gasteiger partial charge in [-0.05, 0) is 96.6 Å². The Balaban J connectivity index is 1.49. The zero-order chi connectivity index (χ0) is 27.0. The maximum atomic E-state index is 12.1. The molecule has 0 aromatic heterocycles. The Bertz CT molecular complexity index is 1310. The van der Waals surface area contributed by atoms with E-state index >= 15 is 0 Å². The van der Waals surface area contributed by atoms with Crippen molar-refractivity contribution >= 4 is 23.0 Å². The fraction of sp³-hybridized carbons (Fsp3) is 0.536. The van der Waals surface area contributed by atoms with E-state index in [0.717, 1.165) is 44.3 Å². The molecule has 0 radical (unpaired) electrons. The fourth-order valence-electron chi connectivity index (χ4n) is 7.85. The van der Waals surface area contributed by atoms with E-state index in [1.165, 1.54) is 17.2 Å². The van der Waals surface area contributed by atoms with Gasteiger partial charge in [0.15, 0.2) is 0 Å². The van der Waals surface area contributed by atoms with E-state index in [0.29, 0.717) is 23.4 Å².